The second-order valence-electron chi connectivity index (χ2n) is 6.09. The summed E-state index contributed by atoms with van der Waals surface area (Å²) < 4.78 is 11.2. The Morgan fingerprint density at radius 1 is 1.15 bits per heavy atom. The van der Waals surface area contributed by atoms with Gasteiger partial charge in [-0.3, -0.25) is 9.80 Å². The highest BCUT2D eigenvalue weighted by molar-refractivity contribution is 4.75. The molecule has 0 saturated carbocycles. The summed E-state index contributed by atoms with van der Waals surface area (Å²) in [4.78, 5) is 4.99. The first kappa shape index (κ1) is 16.2. The fraction of sp³-hybridized carbons (Fsp3) is 1.00. The van der Waals surface area contributed by atoms with Gasteiger partial charge >= 0.3 is 0 Å². The van der Waals surface area contributed by atoms with Crippen LogP contribution in [0, 0.1) is 0 Å². The maximum Gasteiger partial charge on any atom is 0.0826 e. The van der Waals surface area contributed by atoms with Crippen LogP contribution in [0.4, 0.5) is 0 Å². The molecule has 2 fully saturated rings. The molecule has 0 aliphatic carbocycles. The van der Waals surface area contributed by atoms with Crippen LogP contribution in [-0.2, 0) is 9.47 Å². The Hall–Kier alpha value is -0.200. The smallest absolute Gasteiger partial charge is 0.0826 e. The number of hydrogen-bond acceptors (Lipinski definition) is 5. The van der Waals surface area contributed by atoms with Crippen LogP contribution < -0.4 is 5.32 Å². The van der Waals surface area contributed by atoms with Gasteiger partial charge in [-0.2, -0.15) is 0 Å². The molecule has 0 aromatic carbocycles. The lowest BCUT2D eigenvalue weighted by atomic mass is 10.2. The Morgan fingerprint density at radius 3 is 2.70 bits per heavy atom. The SMILES string of the molecule is CC(C)N1CCOC(CNCCCN2CCOCC2)C1. The number of nitrogens with one attached hydrogen (secondary N) is 1. The summed E-state index contributed by atoms with van der Waals surface area (Å²) in [5, 5.41) is 3.54. The number of morpholine rings is 2. The van der Waals surface area contributed by atoms with Crippen LogP contribution in [0.25, 0.3) is 0 Å². The van der Waals surface area contributed by atoms with E-state index in [0.29, 0.717) is 12.1 Å². The number of hydrogen-bond donors (Lipinski definition) is 1. The van der Waals surface area contributed by atoms with Crippen LogP contribution >= 0.6 is 0 Å². The Bertz CT molecular complexity index is 258. The van der Waals surface area contributed by atoms with Crippen LogP contribution in [0.2, 0.25) is 0 Å². The van der Waals surface area contributed by atoms with Crippen LogP contribution in [0.5, 0.6) is 0 Å². The van der Waals surface area contributed by atoms with Crippen molar-refractivity contribution >= 4 is 0 Å². The highest BCUT2D eigenvalue weighted by Crippen LogP contribution is 2.08. The molecule has 0 aromatic rings. The van der Waals surface area contributed by atoms with E-state index in [4.69, 9.17) is 9.47 Å². The number of nitrogens with zero attached hydrogens (tertiary/aromatic N) is 2. The molecule has 2 aliphatic heterocycles. The largest absolute Gasteiger partial charge is 0.379 e. The summed E-state index contributed by atoms with van der Waals surface area (Å²) in [7, 11) is 0. The molecule has 0 radical (unpaired) electrons. The number of rotatable bonds is 7. The maximum atomic E-state index is 5.82. The minimum Gasteiger partial charge on any atom is -0.379 e. The van der Waals surface area contributed by atoms with Gasteiger partial charge in [-0.25, -0.2) is 0 Å². The highest BCUT2D eigenvalue weighted by Gasteiger charge is 2.21. The van der Waals surface area contributed by atoms with Gasteiger partial charge in [-0.05, 0) is 33.4 Å². The first-order valence-electron chi connectivity index (χ1n) is 8.12. The first-order valence-corrected chi connectivity index (χ1v) is 8.12. The summed E-state index contributed by atoms with van der Waals surface area (Å²) in [5.74, 6) is 0. The van der Waals surface area contributed by atoms with Gasteiger partial charge in [0.05, 0.1) is 25.9 Å². The third-order valence-corrected chi connectivity index (χ3v) is 4.20. The molecule has 1 atom stereocenters. The van der Waals surface area contributed by atoms with Crippen molar-refractivity contribution in [2.75, 3.05) is 65.6 Å². The van der Waals surface area contributed by atoms with Crippen LogP contribution in [0.1, 0.15) is 20.3 Å². The summed E-state index contributed by atoms with van der Waals surface area (Å²) in [6, 6.07) is 0.628. The van der Waals surface area contributed by atoms with Gasteiger partial charge in [0.2, 0.25) is 0 Å². The zero-order valence-electron chi connectivity index (χ0n) is 13.1. The van der Waals surface area contributed by atoms with Crippen molar-refractivity contribution in [2.45, 2.75) is 32.4 Å². The van der Waals surface area contributed by atoms with E-state index in [1.165, 1.54) is 13.0 Å². The quantitative estimate of drug-likeness (QED) is 0.686. The van der Waals surface area contributed by atoms with E-state index in [1.807, 2.05) is 0 Å². The molecule has 0 aromatic heterocycles. The second kappa shape index (κ2) is 8.95. The summed E-state index contributed by atoms with van der Waals surface area (Å²) in [5.41, 5.74) is 0. The molecule has 5 nitrogen and oxygen atoms in total. The van der Waals surface area contributed by atoms with Gasteiger partial charge in [0.15, 0.2) is 0 Å². The van der Waals surface area contributed by atoms with E-state index in [2.05, 4.69) is 29.0 Å². The van der Waals surface area contributed by atoms with Gasteiger partial charge in [0.1, 0.15) is 0 Å². The topological polar surface area (TPSA) is 37.0 Å². The van der Waals surface area contributed by atoms with Crippen molar-refractivity contribution in [1.29, 1.82) is 0 Å². The Kier molecular flexibility index (Phi) is 7.24. The van der Waals surface area contributed by atoms with Crippen molar-refractivity contribution < 1.29 is 9.47 Å². The third kappa shape index (κ3) is 5.66. The molecule has 118 valence electrons. The standard InChI is InChI=1S/C15H31N3O2/c1-14(2)18-8-11-20-15(13-18)12-16-4-3-5-17-6-9-19-10-7-17/h14-16H,3-13H2,1-2H3. The fourth-order valence-electron chi connectivity index (χ4n) is 2.85. The highest BCUT2D eigenvalue weighted by atomic mass is 16.5. The summed E-state index contributed by atoms with van der Waals surface area (Å²) >= 11 is 0. The summed E-state index contributed by atoms with van der Waals surface area (Å²) in [6.45, 7) is 14.8. The van der Waals surface area contributed by atoms with Gasteiger partial charge < -0.3 is 14.8 Å². The van der Waals surface area contributed by atoms with Crippen molar-refractivity contribution in [1.82, 2.24) is 15.1 Å². The molecule has 2 saturated heterocycles. The average Bonchev–Trinajstić information content (AvgIpc) is 2.48. The molecule has 2 rings (SSSR count). The predicted molar refractivity (Wildman–Crippen MR) is 81.2 cm³/mol. The van der Waals surface area contributed by atoms with E-state index >= 15 is 0 Å². The molecule has 2 heterocycles. The molecule has 5 heteroatoms. The molecule has 1 unspecified atom stereocenters. The van der Waals surface area contributed by atoms with Crippen molar-refractivity contribution in [2.24, 2.45) is 0 Å². The minimum atomic E-state index is 0.356. The fourth-order valence-corrected chi connectivity index (χ4v) is 2.85. The molecular formula is C15H31N3O2. The minimum absolute atomic E-state index is 0.356. The van der Waals surface area contributed by atoms with Gasteiger partial charge in [0, 0.05) is 38.8 Å². The molecule has 0 amide bonds. The van der Waals surface area contributed by atoms with E-state index in [0.717, 1.165) is 59.1 Å². The average molecular weight is 285 g/mol. The van der Waals surface area contributed by atoms with Crippen molar-refractivity contribution in [3.63, 3.8) is 0 Å². The molecule has 2 aliphatic rings. The van der Waals surface area contributed by atoms with Gasteiger partial charge in [-0.1, -0.05) is 0 Å². The van der Waals surface area contributed by atoms with Crippen LogP contribution in [-0.4, -0.2) is 87.6 Å². The molecule has 1 N–H and O–H groups in total. The normalized spacial score (nSPS) is 26.2. The zero-order chi connectivity index (χ0) is 14.2. The molecule has 0 spiro atoms. The third-order valence-electron chi connectivity index (χ3n) is 4.20. The zero-order valence-corrected chi connectivity index (χ0v) is 13.1. The van der Waals surface area contributed by atoms with Gasteiger partial charge in [-0.15, -0.1) is 0 Å². The number of ether oxygens (including phenoxy) is 2. The molecule has 20 heavy (non-hydrogen) atoms. The monoisotopic (exact) mass is 285 g/mol. The van der Waals surface area contributed by atoms with Crippen molar-refractivity contribution in [3.8, 4) is 0 Å². The molecule has 0 bridgehead atoms. The van der Waals surface area contributed by atoms with E-state index < -0.39 is 0 Å². The Balaban J connectivity index is 1.50. The Morgan fingerprint density at radius 2 is 1.95 bits per heavy atom. The maximum absolute atomic E-state index is 5.82. The lowest BCUT2D eigenvalue weighted by Gasteiger charge is -2.35. The van der Waals surface area contributed by atoms with E-state index in [1.54, 1.807) is 0 Å². The lowest BCUT2D eigenvalue weighted by Crippen LogP contribution is -2.49. The van der Waals surface area contributed by atoms with Crippen LogP contribution in [0.3, 0.4) is 0 Å². The van der Waals surface area contributed by atoms with E-state index in [9.17, 15) is 0 Å². The first-order chi connectivity index (χ1) is 9.75. The summed E-state index contributed by atoms with van der Waals surface area (Å²) in [6.07, 6.45) is 1.56. The lowest BCUT2D eigenvalue weighted by molar-refractivity contribution is -0.0371. The van der Waals surface area contributed by atoms with Gasteiger partial charge in [0.25, 0.3) is 0 Å². The van der Waals surface area contributed by atoms with Crippen molar-refractivity contribution in [3.05, 3.63) is 0 Å². The predicted octanol–water partition coefficient (Wildman–Crippen LogP) is 0.408. The van der Waals surface area contributed by atoms with Crippen LogP contribution in [0.15, 0.2) is 0 Å². The molecular weight excluding hydrogens is 254 g/mol. The second-order valence-corrected chi connectivity index (χ2v) is 6.09. The van der Waals surface area contributed by atoms with E-state index in [-0.39, 0.29) is 0 Å². The Labute approximate surface area is 123 Å².